The van der Waals surface area contributed by atoms with Crippen LogP contribution in [0.25, 0.3) is 22.2 Å². The minimum atomic E-state index is -0.945. The van der Waals surface area contributed by atoms with E-state index in [1.807, 2.05) is 43.3 Å². The van der Waals surface area contributed by atoms with Crippen molar-refractivity contribution in [1.29, 1.82) is 0 Å². The molecule has 6 nitrogen and oxygen atoms in total. The summed E-state index contributed by atoms with van der Waals surface area (Å²) in [5.74, 6) is -0.486. The fourth-order valence-electron chi connectivity index (χ4n) is 5.58. The number of carboxylic acid groups (broad SMARTS) is 1. The number of carboxylic acids is 1. The predicted octanol–water partition coefficient (Wildman–Crippen LogP) is 4.96. The zero-order valence-electron chi connectivity index (χ0n) is 19.4. The second kappa shape index (κ2) is 8.67. The minimum Gasteiger partial charge on any atom is -0.478 e. The van der Waals surface area contributed by atoms with Crippen molar-refractivity contribution in [1.82, 2.24) is 9.47 Å². The highest BCUT2D eigenvalue weighted by atomic mass is 16.4. The van der Waals surface area contributed by atoms with Crippen molar-refractivity contribution in [3.63, 3.8) is 0 Å². The van der Waals surface area contributed by atoms with E-state index in [0.29, 0.717) is 12.5 Å². The Morgan fingerprint density at radius 2 is 1.85 bits per heavy atom. The minimum absolute atomic E-state index is 0.0378. The Kier molecular flexibility index (Phi) is 5.71. The molecule has 0 radical (unpaired) electrons. The molecule has 0 saturated heterocycles. The zero-order chi connectivity index (χ0) is 23.1. The number of anilines is 1. The van der Waals surface area contributed by atoms with Crippen molar-refractivity contribution < 1.29 is 14.7 Å². The van der Waals surface area contributed by atoms with Crippen LogP contribution in [-0.2, 0) is 11.3 Å². The molecule has 1 aliphatic carbocycles. The molecule has 2 aliphatic rings. The highest BCUT2D eigenvalue weighted by Gasteiger charge is 2.33. The predicted molar refractivity (Wildman–Crippen MR) is 131 cm³/mol. The number of benzene rings is 2. The number of carbonyl (C=O) groups is 2. The van der Waals surface area contributed by atoms with Gasteiger partial charge in [-0.05, 0) is 56.6 Å². The van der Waals surface area contributed by atoms with Gasteiger partial charge in [0, 0.05) is 24.0 Å². The molecule has 2 aromatic carbocycles. The molecule has 6 heteroatoms. The number of nitrogens with zero attached hydrogens (tertiary/aromatic N) is 3. The SMILES string of the molecule is CN(C)CCN1C(=O)Cn2c(c(C3CCCCC3)c3ccc(C(=O)O)cc32)-c2ccccc21. The molecular weight excluding hydrogens is 414 g/mol. The smallest absolute Gasteiger partial charge is 0.335 e. The van der Waals surface area contributed by atoms with Crippen molar-refractivity contribution in [2.24, 2.45) is 0 Å². The Hall–Kier alpha value is -3.12. The monoisotopic (exact) mass is 445 g/mol. The lowest BCUT2D eigenvalue weighted by Gasteiger charge is -2.26. The molecule has 1 amide bonds. The molecule has 3 aromatic rings. The lowest BCUT2D eigenvalue weighted by Crippen LogP contribution is -2.37. The maximum atomic E-state index is 13.6. The van der Waals surface area contributed by atoms with Crippen LogP contribution in [0.1, 0.15) is 53.9 Å². The van der Waals surface area contributed by atoms with Crippen molar-refractivity contribution >= 4 is 28.5 Å². The van der Waals surface area contributed by atoms with Crippen LogP contribution in [-0.4, -0.2) is 53.6 Å². The van der Waals surface area contributed by atoms with Crippen LogP contribution in [0.3, 0.4) is 0 Å². The zero-order valence-corrected chi connectivity index (χ0v) is 19.4. The lowest BCUT2D eigenvalue weighted by atomic mass is 9.81. The van der Waals surface area contributed by atoms with Crippen molar-refractivity contribution in [2.75, 3.05) is 32.1 Å². The van der Waals surface area contributed by atoms with Gasteiger partial charge in [0.1, 0.15) is 6.54 Å². The summed E-state index contributed by atoms with van der Waals surface area (Å²) in [5, 5.41) is 10.7. The number of carbonyl (C=O) groups excluding carboxylic acids is 1. The van der Waals surface area contributed by atoms with E-state index in [1.54, 1.807) is 12.1 Å². The standard InChI is InChI=1S/C27H31N3O3/c1-28(2)14-15-29-22-11-7-6-10-21(22)26-25(18-8-4-3-5-9-18)20-13-12-19(27(32)33)16-23(20)30(26)17-24(29)31/h6-7,10-13,16,18H,3-5,8-9,14-15,17H2,1-2H3,(H,32,33). The van der Waals surface area contributed by atoms with Gasteiger partial charge in [-0.2, -0.15) is 0 Å². The fourth-order valence-corrected chi connectivity index (χ4v) is 5.58. The largest absolute Gasteiger partial charge is 0.478 e. The van der Waals surface area contributed by atoms with Crippen LogP contribution >= 0.6 is 0 Å². The Labute approximate surface area is 194 Å². The van der Waals surface area contributed by atoms with E-state index in [0.717, 1.165) is 47.2 Å². The topological polar surface area (TPSA) is 65.8 Å². The molecule has 1 N–H and O–H groups in total. The maximum absolute atomic E-state index is 13.6. The number of rotatable bonds is 5. The van der Waals surface area contributed by atoms with Gasteiger partial charge in [0.15, 0.2) is 0 Å². The Balaban J connectivity index is 1.78. The molecule has 0 atom stereocenters. The first-order chi connectivity index (χ1) is 16.0. The fraction of sp³-hybridized carbons (Fsp3) is 0.407. The van der Waals surface area contributed by atoms with Gasteiger partial charge in [-0.3, -0.25) is 4.79 Å². The summed E-state index contributed by atoms with van der Waals surface area (Å²) in [5.41, 5.74) is 5.50. The van der Waals surface area contributed by atoms with Crippen LogP contribution < -0.4 is 4.90 Å². The van der Waals surface area contributed by atoms with Crippen LogP contribution in [0.5, 0.6) is 0 Å². The molecule has 1 aromatic heterocycles. The number of amides is 1. The number of hydrogen-bond donors (Lipinski definition) is 1. The summed E-state index contributed by atoms with van der Waals surface area (Å²) < 4.78 is 2.09. The van der Waals surface area contributed by atoms with E-state index in [4.69, 9.17) is 0 Å². The van der Waals surface area contributed by atoms with Gasteiger partial charge in [-0.1, -0.05) is 43.5 Å². The number of aromatic carboxylic acids is 1. The molecule has 0 bridgehead atoms. The number of aromatic nitrogens is 1. The average Bonchev–Trinajstić information content (AvgIpc) is 3.06. The molecule has 33 heavy (non-hydrogen) atoms. The first-order valence-electron chi connectivity index (χ1n) is 11.9. The average molecular weight is 446 g/mol. The molecule has 1 saturated carbocycles. The maximum Gasteiger partial charge on any atom is 0.335 e. The quantitative estimate of drug-likeness (QED) is 0.603. The molecular formula is C27H31N3O3. The summed E-state index contributed by atoms with van der Waals surface area (Å²) in [6.45, 7) is 1.60. The highest BCUT2D eigenvalue weighted by molar-refractivity contribution is 6.05. The normalized spacial score (nSPS) is 16.7. The highest BCUT2D eigenvalue weighted by Crippen LogP contribution is 2.47. The van der Waals surface area contributed by atoms with Crippen LogP contribution in [0.2, 0.25) is 0 Å². The van der Waals surface area contributed by atoms with Crippen molar-refractivity contribution in [3.05, 3.63) is 53.6 Å². The van der Waals surface area contributed by atoms with E-state index in [2.05, 4.69) is 15.5 Å². The van der Waals surface area contributed by atoms with Gasteiger partial charge < -0.3 is 19.5 Å². The number of likely N-dealkylation sites (N-methyl/N-ethyl adjacent to an activating group) is 1. The van der Waals surface area contributed by atoms with Crippen molar-refractivity contribution in [3.8, 4) is 11.3 Å². The van der Waals surface area contributed by atoms with E-state index in [1.165, 1.54) is 24.8 Å². The molecule has 2 heterocycles. The third-order valence-corrected chi connectivity index (χ3v) is 7.18. The summed E-state index contributed by atoms with van der Waals surface area (Å²) in [7, 11) is 4.03. The third-order valence-electron chi connectivity index (χ3n) is 7.18. The second-order valence-corrected chi connectivity index (χ2v) is 9.59. The first-order valence-corrected chi connectivity index (χ1v) is 11.9. The van der Waals surface area contributed by atoms with E-state index in [-0.39, 0.29) is 18.0 Å². The van der Waals surface area contributed by atoms with Gasteiger partial charge in [-0.25, -0.2) is 4.79 Å². The van der Waals surface area contributed by atoms with Crippen LogP contribution in [0.15, 0.2) is 42.5 Å². The van der Waals surface area contributed by atoms with Gasteiger partial charge in [0.2, 0.25) is 5.91 Å². The third kappa shape index (κ3) is 3.82. The van der Waals surface area contributed by atoms with Crippen LogP contribution in [0, 0.1) is 0 Å². The van der Waals surface area contributed by atoms with Gasteiger partial charge >= 0.3 is 5.97 Å². The molecule has 1 fully saturated rings. The summed E-state index contributed by atoms with van der Waals surface area (Å²) in [6, 6.07) is 13.6. The Morgan fingerprint density at radius 3 is 2.58 bits per heavy atom. The molecule has 5 rings (SSSR count). The van der Waals surface area contributed by atoms with Gasteiger partial charge in [0.25, 0.3) is 0 Å². The summed E-state index contributed by atoms with van der Waals surface area (Å²) in [4.78, 5) is 29.3. The molecule has 0 unspecified atom stereocenters. The molecule has 0 spiro atoms. The van der Waals surface area contributed by atoms with E-state index in [9.17, 15) is 14.7 Å². The van der Waals surface area contributed by atoms with E-state index >= 15 is 0 Å². The number of para-hydroxylation sites is 1. The summed E-state index contributed by atoms with van der Waals surface area (Å²) >= 11 is 0. The lowest BCUT2D eigenvalue weighted by molar-refractivity contribution is -0.119. The number of hydrogen-bond acceptors (Lipinski definition) is 3. The van der Waals surface area contributed by atoms with Gasteiger partial charge in [0.05, 0.1) is 22.5 Å². The molecule has 172 valence electrons. The second-order valence-electron chi connectivity index (χ2n) is 9.59. The van der Waals surface area contributed by atoms with Crippen LogP contribution in [0.4, 0.5) is 5.69 Å². The number of fused-ring (bicyclic) bond motifs is 5. The van der Waals surface area contributed by atoms with Crippen molar-refractivity contribution in [2.45, 2.75) is 44.6 Å². The molecule has 1 aliphatic heterocycles. The summed E-state index contributed by atoms with van der Waals surface area (Å²) in [6.07, 6.45) is 5.95. The van der Waals surface area contributed by atoms with E-state index < -0.39 is 5.97 Å². The van der Waals surface area contributed by atoms with Gasteiger partial charge in [-0.15, -0.1) is 0 Å². The first kappa shape index (κ1) is 21.7. The Morgan fingerprint density at radius 1 is 1.09 bits per heavy atom. The Bertz CT molecular complexity index is 1220.